The van der Waals surface area contributed by atoms with E-state index in [1.807, 2.05) is 0 Å². The number of esters is 1. The maximum atomic E-state index is 11.4. The summed E-state index contributed by atoms with van der Waals surface area (Å²) in [5, 5.41) is 29.4. The van der Waals surface area contributed by atoms with E-state index < -0.39 is 18.2 Å². The van der Waals surface area contributed by atoms with Crippen LogP contribution in [0.3, 0.4) is 0 Å². The molecule has 112 valence electrons. The van der Waals surface area contributed by atoms with E-state index in [0.29, 0.717) is 0 Å². The van der Waals surface area contributed by atoms with E-state index in [4.69, 9.17) is 9.47 Å². The van der Waals surface area contributed by atoms with Crippen molar-refractivity contribution in [2.45, 2.75) is 19.1 Å². The second kappa shape index (κ2) is 6.97. The maximum absolute atomic E-state index is 11.4. The predicted molar refractivity (Wildman–Crippen MR) is 68.8 cm³/mol. The van der Waals surface area contributed by atoms with Crippen LogP contribution in [0, 0.1) is 0 Å². The third kappa shape index (κ3) is 3.31. The molecule has 0 heterocycles. The number of phenols is 1. The number of carbonyl (C=O) groups excluding carboxylic acids is 1. The standard InChI is InChI=1S/C13H18O7/c1-4-20-13(17)12(16)10(14)7-5-8(18-2)11(15)9(6-7)19-3/h5-6,10,12,14-16H,4H2,1-3H3. The molecule has 0 aromatic heterocycles. The summed E-state index contributed by atoms with van der Waals surface area (Å²) in [6, 6.07) is 2.59. The van der Waals surface area contributed by atoms with Gasteiger partial charge in [0.05, 0.1) is 20.8 Å². The molecule has 0 bridgehead atoms. The van der Waals surface area contributed by atoms with Crippen LogP contribution in [-0.2, 0) is 9.53 Å². The van der Waals surface area contributed by atoms with Gasteiger partial charge < -0.3 is 29.5 Å². The number of aromatic hydroxyl groups is 1. The zero-order valence-electron chi connectivity index (χ0n) is 11.5. The van der Waals surface area contributed by atoms with Crippen LogP contribution >= 0.6 is 0 Å². The van der Waals surface area contributed by atoms with Gasteiger partial charge in [0.25, 0.3) is 0 Å². The minimum absolute atomic E-state index is 0.0504. The molecule has 0 fully saturated rings. The van der Waals surface area contributed by atoms with Crippen LogP contribution in [0.15, 0.2) is 12.1 Å². The van der Waals surface area contributed by atoms with E-state index in [1.54, 1.807) is 6.92 Å². The smallest absolute Gasteiger partial charge is 0.338 e. The molecule has 0 aliphatic carbocycles. The molecule has 0 aliphatic rings. The molecule has 0 saturated heterocycles. The molecule has 0 spiro atoms. The summed E-state index contributed by atoms with van der Waals surface area (Å²) in [4.78, 5) is 11.4. The minimum atomic E-state index is -1.74. The molecule has 20 heavy (non-hydrogen) atoms. The lowest BCUT2D eigenvalue weighted by Gasteiger charge is -2.18. The van der Waals surface area contributed by atoms with Crippen LogP contribution in [0.1, 0.15) is 18.6 Å². The SMILES string of the molecule is CCOC(=O)C(O)C(O)c1cc(OC)c(O)c(OC)c1. The number of methoxy groups -OCH3 is 2. The van der Waals surface area contributed by atoms with Gasteiger partial charge >= 0.3 is 5.97 Å². The zero-order chi connectivity index (χ0) is 15.3. The Hall–Kier alpha value is -1.99. The van der Waals surface area contributed by atoms with E-state index in [2.05, 4.69) is 4.74 Å². The van der Waals surface area contributed by atoms with Gasteiger partial charge in [0, 0.05) is 0 Å². The van der Waals surface area contributed by atoms with E-state index in [1.165, 1.54) is 26.4 Å². The first-order chi connectivity index (χ1) is 9.46. The van der Waals surface area contributed by atoms with Gasteiger partial charge in [0.2, 0.25) is 5.75 Å². The first-order valence-electron chi connectivity index (χ1n) is 5.93. The molecule has 3 N–H and O–H groups in total. The lowest BCUT2D eigenvalue weighted by Crippen LogP contribution is -2.29. The highest BCUT2D eigenvalue weighted by atomic mass is 16.5. The summed E-state index contributed by atoms with van der Waals surface area (Å²) in [5.41, 5.74) is 0.150. The maximum Gasteiger partial charge on any atom is 0.338 e. The van der Waals surface area contributed by atoms with Crippen molar-refractivity contribution >= 4 is 5.97 Å². The Morgan fingerprint density at radius 2 is 1.70 bits per heavy atom. The Balaban J connectivity index is 3.09. The Morgan fingerprint density at radius 1 is 1.20 bits per heavy atom. The van der Waals surface area contributed by atoms with E-state index >= 15 is 0 Å². The summed E-state index contributed by atoms with van der Waals surface area (Å²) in [5.74, 6) is -1.08. The number of ether oxygens (including phenoxy) is 3. The summed E-state index contributed by atoms with van der Waals surface area (Å²) in [6.45, 7) is 1.68. The summed E-state index contributed by atoms with van der Waals surface area (Å²) < 4.78 is 14.5. The second-order valence-corrected chi connectivity index (χ2v) is 3.92. The van der Waals surface area contributed by atoms with Gasteiger partial charge in [-0.25, -0.2) is 4.79 Å². The number of benzene rings is 1. The highest BCUT2D eigenvalue weighted by Gasteiger charge is 2.28. The Kier molecular flexibility index (Phi) is 5.60. The lowest BCUT2D eigenvalue weighted by atomic mass is 10.0. The van der Waals surface area contributed by atoms with Crippen molar-refractivity contribution in [2.24, 2.45) is 0 Å². The molecule has 1 rings (SSSR count). The molecular formula is C13H18O7. The van der Waals surface area contributed by atoms with Crippen molar-refractivity contribution in [3.05, 3.63) is 17.7 Å². The third-order valence-corrected chi connectivity index (χ3v) is 2.67. The van der Waals surface area contributed by atoms with Crippen molar-refractivity contribution in [1.82, 2.24) is 0 Å². The molecule has 0 saturated carbocycles. The predicted octanol–water partition coefficient (Wildman–Crippen LogP) is 0.367. The van der Waals surface area contributed by atoms with Crippen molar-refractivity contribution in [2.75, 3.05) is 20.8 Å². The molecule has 2 atom stereocenters. The van der Waals surface area contributed by atoms with E-state index in [0.717, 1.165) is 0 Å². The van der Waals surface area contributed by atoms with Crippen molar-refractivity contribution in [3.8, 4) is 17.2 Å². The molecule has 1 aromatic carbocycles. The fourth-order valence-corrected chi connectivity index (χ4v) is 1.62. The average Bonchev–Trinajstić information content (AvgIpc) is 2.46. The summed E-state index contributed by atoms with van der Waals surface area (Å²) in [6.07, 6.45) is -3.27. The zero-order valence-corrected chi connectivity index (χ0v) is 11.5. The number of phenolic OH excluding ortho intramolecular Hbond substituents is 1. The van der Waals surface area contributed by atoms with Gasteiger partial charge in [-0.15, -0.1) is 0 Å². The molecule has 7 heteroatoms. The topological polar surface area (TPSA) is 105 Å². The van der Waals surface area contributed by atoms with Crippen molar-refractivity contribution in [1.29, 1.82) is 0 Å². The van der Waals surface area contributed by atoms with Gasteiger partial charge in [-0.3, -0.25) is 0 Å². The summed E-state index contributed by atoms with van der Waals surface area (Å²) >= 11 is 0. The first-order valence-corrected chi connectivity index (χ1v) is 5.93. The van der Waals surface area contributed by atoms with E-state index in [-0.39, 0.29) is 29.4 Å². The molecule has 0 aliphatic heterocycles. The number of carbonyl (C=O) groups is 1. The Labute approximate surface area is 116 Å². The Morgan fingerprint density at radius 3 is 2.10 bits per heavy atom. The van der Waals surface area contributed by atoms with Crippen LogP contribution < -0.4 is 9.47 Å². The van der Waals surface area contributed by atoms with Gasteiger partial charge in [0.1, 0.15) is 6.10 Å². The number of hydrogen-bond acceptors (Lipinski definition) is 7. The van der Waals surface area contributed by atoms with Crippen molar-refractivity contribution in [3.63, 3.8) is 0 Å². The number of hydrogen-bond donors (Lipinski definition) is 3. The summed E-state index contributed by atoms with van der Waals surface area (Å²) in [7, 11) is 2.65. The average molecular weight is 286 g/mol. The van der Waals surface area contributed by atoms with Crippen LogP contribution in [0.4, 0.5) is 0 Å². The molecular weight excluding hydrogens is 268 g/mol. The first kappa shape index (κ1) is 16.1. The number of aliphatic hydroxyl groups is 2. The molecule has 0 radical (unpaired) electrons. The quantitative estimate of drug-likeness (QED) is 0.649. The molecule has 1 aromatic rings. The van der Waals surface area contributed by atoms with E-state index in [9.17, 15) is 20.1 Å². The van der Waals surface area contributed by atoms with Gasteiger partial charge in [-0.05, 0) is 24.6 Å². The number of aliphatic hydroxyl groups excluding tert-OH is 2. The fourth-order valence-electron chi connectivity index (χ4n) is 1.62. The monoisotopic (exact) mass is 286 g/mol. The largest absolute Gasteiger partial charge is 0.502 e. The lowest BCUT2D eigenvalue weighted by molar-refractivity contribution is -0.159. The van der Waals surface area contributed by atoms with Gasteiger partial charge in [-0.2, -0.15) is 0 Å². The number of rotatable bonds is 6. The van der Waals surface area contributed by atoms with Crippen LogP contribution in [0.25, 0.3) is 0 Å². The van der Waals surface area contributed by atoms with Crippen LogP contribution in [0.5, 0.6) is 17.2 Å². The molecule has 2 unspecified atom stereocenters. The fraction of sp³-hybridized carbons (Fsp3) is 0.462. The second-order valence-electron chi connectivity index (χ2n) is 3.92. The van der Waals surface area contributed by atoms with Crippen LogP contribution in [0.2, 0.25) is 0 Å². The van der Waals surface area contributed by atoms with Crippen LogP contribution in [-0.4, -0.2) is 48.2 Å². The highest BCUT2D eigenvalue weighted by molar-refractivity contribution is 5.75. The third-order valence-electron chi connectivity index (χ3n) is 2.67. The minimum Gasteiger partial charge on any atom is -0.502 e. The molecule has 7 nitrogen and oxygen atoms in total. The normalized spacial score (nSPS) is 13.4. The van der Waals surface area contributed by atoms with Gasteiger partial charge in [0.15, 0.2) is 17.6 Å². The van der Waals surface area contributed by atoms with Crippen molar-refractivity contribution < 1.29 is 34.3 Å². The van der Waals surface area contributed by atoms with Gasteiger partial charge in [-0.1, -0.05) is 0 Å². The highest BCUT2D eigenvalue weighted by Crippen LogP contribution is 2.39. The Bertz CT molecular complexity index is 447. The molecule has 0 amide bonds.